The summed E-state index contributed by atoms with van der Waals surface area (Å²) in [5.74, 6) is 1.06. The van der Waals surface area contributed by atoms with E-state index < -0.39 is 0 Å². The van der Waals surface area contributed by atoms with Gasteiger partial charge >= 0.3 is 0 Å². The van der Waals surface area contributed by atoms with E-state index in [0.717, 1.165) is 58.5 Å². The number of methoxy groups -OCH3 is 2. The Kier molecular flexibility index (Phi) is 5.90. The highest BCUT2D eigenvalue weighted by atomic mass is 16.5. The number of hydrogen-bond acceptors (Lipinski definition) is 7. The second kappa shape index (κ2) is 9.13. The van der Waals surface area contributed by atoms with Gasteiger partial charge < -0.3 is 19.7 Å². The summed E-state index contributed by atoms with van der Waals surface area (Å²) in [7, 11) is 5.47. The first-order chi connectivity index (χ1) is 16.2. The maximum Gasteiger partial charge on any atom is 0.237 e. The van der Waals surface area contributed by atoms with Crippen molar-refractivity contribution in [1.29, 1.82) is 0 Å². The van der Waals surface area contributed by atoms with Gasteiger partial charge in [-0.1, -0.05) is 42.5 Å². The molecule has 0 saturated heterocycles. The van der Waals surface area contributed by atoms with Crippen molar-refractivity contribution in [3.63, 3.8) is 0 Å². The predicted molar refractivity (Wildman–Crippen MR) is 130 cm³/mol. The summed E-state index contributed by atoms with van der Waals surface area (Å²) in [4.78, 5) is 16.5. The molecule has 0 fully saturated rings. The topological polar surface area (TPSA) is 72.4 Å². The molecule has 3 heterocycles. The fourth-order valence-corrected chi connectivity index (χ4v) is 4.36. The molecule has 2 aromatic heterocycles. The van der Waals surface area contributed by atoms with E-state index in [-0.39, 0.29) is 0 Å². The fraction of sp³-hybridized carbons (Fsp3) is 0.269. The van der Waals surface area contributed by atoms with Crippen LogP contribution in [0.5, 0.6) is 5.88 Å². The van der Waals surface area contributed by atoms with E-state index in [4.69, 9.17) is 19.4 Å². The van der Waals surface area contributed by atoms with Gasteiger partial charge in [-0.05, 0) is 29.8 Å². The number of ether oxygens (including phenoxy) is 2. The Bertz CT molecular complexity index is 1310. The van der Waals surface area contributed by atoms with Crippen molar-refractivity contribution in [2.75, 3.05) is 33.1 Å². The van der Waals surface area contributed by atoms with Crippen molar-refractivity contribution in [1.82, 2.24) is 19.9 Å². The molecule has 0 saturated carbocycles. The summed E-state index contributed by atoms with van der Waals surface area (Å²) in [6.07, 6.45) is 2.76. The highest BCUT2D eigenvalue weighted by Crippen LogP contribution is 2.33. The first kappa shape index (κ1) is 21.3. The van der Waals surface area contributed by atoms with Crippen LogP contribution in [-0.4, -0.2) is 47.7 Å². The minimum absolute atomic E-state index is 0.503. The molecule has 1 N–H and O–H groups in total. The van der Waals surface area contributed by atoms with Gasteiger partial charge in [0.15, 0.2) is 0 Å². The molecule has 0 bridgehead atoms. The molecule has 7 nitrogen and oxygen atoms in total. The van der Waals surface area contributed by atoms with Crippen molar-refractivity contribution in [3.8, 4) is 17.0 Å². The van der Waals surface area contributed by atoms with E-state index >= 15 is 0 Å². The van der Waals surface area contributed by atoms with Gasteiger partial charge in [0.1, 0.15) is 5.69 Å². The second-order valence-corrected chi connectivity index (χ2v) is 8.29. The number of pyridine rings is 1. The molecule has 0 aliphatic carbocycles. The Balaban J connectivity index is 1.56. The molecule has 0 spiro atoms. The zero-order valence-electron chi connectivity index (χ0n) is 19.1. The van der Waals surface area contributed by atoms with Crippen LogP contribution in [0.15, 0.2) is 54.7 Å². The largest absolute Gasteiger partial charge is 0.480 e. The van der Waals surface area contributed by atoms with Crippen molar-refractivity contribution < 1.29 is 9.47 Å². The average molecular weight is 442 g/mol. The van der Waals surface area contributed by atoms with Gasteiger partial charge in [0.05, 0.1) is 24.9 Å². The van der Waals surface area contributed by atoms with Crippen LogP contribution in [0.1, 0.15) is 16.8 Å². The average Bonchev–Trinajstić information content (AvgIpc) is 2.84. The summed E-state index contributed by atoms with van der Waals surface area (Å²) in [5.41, 5.74) is 7.19. The third-order valence-corrected chi connectivity index (χ3v) is 5.98. The predicted octanol–water partition coefficient (Wildman–Crippen LogP) is 4.58. The molecule has 7 heteroatoms. The Morgan fingerprint density at radius 1 is 1.03 bits per heavy atom. The van der Waals surface area contributed by atoms with E-state index in [2.05, 4.69) is 46.5 Å². The zero-order valence-corrected chi connectivity index (χ0v) is 19.1. The summed E-state index contributed by atoms with van der Waals surface area (Å²) in [6, 6.07) is 16.5. The van der Waals surface area contributed by atoms with E-state index in [1.807, 2.05) is 30.5 Å². The number of hydrogen-bond donors (Lipinski definition) is 1. The molecule has 0 atom stereocenters. The van der Waals surface area contributed by atoms with Gasteiger partial charge in [-0.2, -0.15) is 0 Å². The van der Waals surface area contributed by atoms with Crippen molar-refractivity contribution >= 4 is 22.5 Å². The van der Waals surface area contributed by atoms with Crippen LogP contribution in [0.2, 0.25) is 0 Å². The number of para-hydroxylation sites is 1. The van der Waals surface area contributed by atoms with E-state index in [9.17, 15) is 0 Å². The van der Waals surface area contributed by atoms with Crippen molar-refractivity contribution in [3.05, 3.63) is 71.5 Å². The molecule has 33 heavy (non-hydrogen) atoms. The van der Waals surface area contributed by atoms with Gasteiger partial charge in [0.2, 0.25) is 11.8 Å². The molecule has 0 amide bonds. The first-order valence-corrected chi connectivity index (χ1v) is 11.0. The van der Waals surface area contributed by atoms with Crippen LogP contribution in [0.25, 0.3) is 22.0 Å². The minimum atomic E-state index is 0.503. The van der Waals surface area contributed by atoms with Crippen molar-refractivity contribution in [2.45, 2.75) is 19.6 Å². The third-order valence-electron chi connectivity index (χ3n) is 5.98. The summed E-state index contributed by atoms with van der Waals surface area (Å²) in [6.45, 7) is 2.40. The Labute approximate surface area is 193 Å². The molecule has 1 aliphatic rings. The maximum absolute atomic E-state index is 5.58. The highest BCUT2D eigenvalue weighted by molar-refractivity contribution is 5.94. The van der Waals surface area contributed by atoms with E-state index in [1.54, 1.807) is 14.2 Å². The smallest absolute Gasteiger partial charge is 0.237 e. The van der Waals surface area contributed by atoms with Gasteiger partial charge in [0, 0.05) is 43.8 Å². The number of nitrogens with one attached hydrogen (secondary N) is 1. The third kappa shape index (κ3) is 4.25. The normalized spacial score (nSPS) is 13.7. The molecule has 4 aromatic rings. The summed E-state index contributed by atoms with van der Waals surface area (Å²) < 4.78 is 11.0. The van der Waals surface area contributed by atoms with E-state index in [1.165, 1.54) is 5.56 Å². The van der Waals surface area contributed by atoms with Gasteiger partial charge in [-0.3, -0.25) is 0 Å². The molecule has 5 rings (SSSR count). The van der Waals surface area contributed by atoms with E-state index in [0.29, 0.717) is 18.4 Å². The minimum Gasteiger partial charge on any atom is -0.480 e. The molecule has 2 aromatic carbocycles. The number of benzene rings is 2. The molecular formula is C26H27N5O2. The number of fused-ring (bicyclic) bond motifs is 2. The van der Waals surface area contributed by atoms with Crippen LogP contribution in [0.3, 0.4) is 0 Å². The second-order valence-electron chi connectivity index (χ2n) is 8.29. The van der Waals surface area contributed by atoms with Crippen LogP contribution in [0, 0.1) is 0 Å². The lowest BCUT2D eigenvalue weighted by Gasteiger charge is -2.25. The summed E-state index contributed by atoms with van der Waals surface area (Å²) in [5, 5.41) is 4.32. The standard InChI is InChI=1S/C26H27N5O2/c1-31-12-11-22-19(15-31)13-23(25(28-22)33-3)29-26-27-14-17-8-6-10-21(24(17)30-26)20-9-5-4-7-18(20)16-32-2/h4-10,13-14H,11-12,15-16H2,1-3H3,(H,27,29,30). The number of anilines is 2. The van der Waals surface area contributed by atoms with Crippen LogP contribution >= 0.6 is 0 Å². The van der Waals surface area contributed by atoms with Gasteiger partial charge in [-0.15, -0.1) is 0 Å². The monoisotopic (exact) mass is 441 g/mol. The Morgan fingerprint density at radius 2 is 1.88 bits per heavy atom. The highest BCUT2D eigenvalue weighted by Gasteiger charge is 2.19. The Morgan fingerprint density at radius 3 is 2.73 bits per heavy atom. The lowest BCUT2D eigenvalue weighted by molar-refractivity contribution is 0.185. The molecule has 1 aliphatic heterocycles. The van der Waals surface area contributed by atoms with Crippen LogP contribution in [-0.2, 0) is 24.3 Å². The maximum atomic E-state index is 5.58. The summed E-state index contributed by atoms with van der Waals surface area (Å²) >= 11 is 0. The quantitative estimate of drug-likeness (QED) is 0.470. The zero-order chi connectivity index (χ0) is 22.8. The number of nitrogens with zero attached hydrogens (tertiary/aromatic N) is 4. The molecular weight excluding hydrogens is 414 g/mol. The molecule has 168 valence electrons. The fourth-order valence-electron chi connectivity index (χ4n) is 4.36. The van der Waals surface area contributed by atoms with Gasteiger partial charge in [0.25, 0.3) is 0 Å². The van der Waals surface area contributed by atoms with Crippen LogP contribution < -0.4 is 10.1 Å². The lowest BCUT2D eigenvalue weighted by atomic mass is 9.98. The first-order valence-electron chi connectivity index (χ1n) is 11.0. The SMILES string of the molecule is COCc1ccccc1-c1cccc2cnc(Nc3cc4c(nc3OC)CCN(C)C4)nc12. The Hall–Kier alpha value is -3.55. The van der Waals surface area contributed by atoms with Crippen LogP contribution in [0.4, 0.5) is 11.6 Å². The molecule has 0 radical (unpaired) electrons. The van der Waals surface area contributed by atoms with Gasteiger partial charge in [-0.25, -0.2) is 15.0 Å². The lowest BCUT2D eigenvalue weighted by Crippen LogP contribution is -2.27. The number of likely N-dealkylation sites (N-methyl/N-ethyl adjacent to an activating group) is 1. The van der Waals surface area contributed by atoms with Crippen molar-refractivity contribution in [2.24, 2.45) is 0 Å². The molecule has 0 unspecified atom stereocenters. The number of rotatable bonds is 6. The number of aromatic nitrogens is 3.